The molecular weight excluding hydrogens is 331 g/mol. The highest BCUT2D eigenvalue weighted by Crippen LogP contribution is 2.31. The van der Waals surface area contributed by atoms with Gasteiger partial charge in [-0.15, -0.1) is 0 Å². The molecular formula is C15H14Cl2O3S. The lowest BCUT2D eigenvalue weighted by molar-refractivity contribution is 0.485. The highest BCUT2D eigenvalue weighted by Gasteiger charge is 2.23. The molecule has 2 aromatic carbocycles. The van der Waals surface area contributed by atoms with Crippen molar-refractivity contribution < 1.29 is 12.6 Å². The Labute approximate surface area is 134 Å². The Morgan fingerprint density at radius 1 is 0.952 bits per heavy atom. The summed E-state index contributed by atoms with van der Waals surface area (Å²) in [6.45, 7) is 5.38. The first kappa shape index (κ1) is 16.1. The van der Waals surface area contributed by atoms with Gasteiger partial charge in [0.05, 0.1) is 5.02 Å². The lowest BCUT2D eigenvalue weighted by atomic mass is 10.1. The monoisotopic (exact) mass is 344 g/mol. The van der Waals surface area contributed by atoms with Crippen molar-refractivity contribution in [1.82, 2.24) is 0 Å². The van der Waals surface area contributed by atoms with Gasteiger partial charge in [0.1, 0.15) is 4.90 Å². The second-order valence-electron chi connectivity index (χ2n) is 4.84. The Bertz CT molecular complexity index is 776. The van der Waals surface area contributed by atoms with E-state index in [0.29, 0.717) is 16.1 Å². The van der Waals surface area contributed by atoms with Gasteiger partial charge in [0.25, 0.3) is 0 Å². The van der Waals surface area contributed by atoms with Crippen LogP contribution in [0.25, 0.3) is 0 Å². The van der Waals surface area contributed by atoms with Crippen molar-refractivity contribution in [3.05, 3.63) is 57.1 Å². The first-order chi connectivity index (χ1) is 9.70. The number of aryl methyl sites for hydroxylation is 3. The summed E-state index contributed by atoms with van der Waals surface area (Å²) in [4.78, 5) is 0.166. The highest BCUT2D eigenvalue weighted by atomic mass is 35.5. The zero-order chi connectivity index (χ0) is 15.8. The van der Waals surface area contributed by atoms with E-state index in [9.17, 15) is 8.42 Å². The van der Waals surface area contributed by atoms with Crippen molar-refractivity contribution in [2.24, 2.45) is 0 Å². The third-order valence-corrected chi connectivity index (χ3v) is 5.02. The lowest BCUT2D eigenvalue weighted by Crippen LogP contribution is -2.13. The average Bonchev–Trinajstić information content (AvgIpc) is 2.30. The van der Waals surface area contributed by atoms with E-state index >= 15 is 0 Å². The minimum absolute atomic E-state index is 0.0560. The van der Waals surface area contributed by atoms with Crippen molar-refractivity contribution in [2.45, 2.75) is 25.7 Å². The maximum atomic E-state index is 12.5. The molecule has 0 heterocycles. The third kappa shape index (κ3) is 3.51. The van der Waals surface area contributed by atoms with Crippen LogP contribution in [0.3, 0.4) is 0 Å². The second kappa shape index (κ2) is 5.87. The van der Waals surface area contributed by atoms with Crippen LogP contribution in [0.1, 0.15) is 16.7 Å². The van der Waals surface area contributed by atoms with Crippen LogP contribution in [-0.4, -0.2) is 8.42 Å². The van der Waals surface area contributed by atoms with Gasteiger partial charge in [0.15, 0.2) is 5.75 Å². The molecule has 0 radical (unpaired) electrons. The third-order valence-electron chi connectivity index (χ3n) is 2.95. The summed E-state index contributed by atoms with van der Waals surface area (Å²) in [6, 6.07) is 7.98. The molecule has 112 valence electrons. The van der Waals surface area contributed by atoms with E-state index in [1.54, 1.807) is 26.0 Å². The largest absolute Gasteiger partial charge is 0.377 e. The molecule has 0 aliphatic carbocycles. The van der Waals surface area contributed by atoms with Crippen LogP contribution in [0, 0.1) is 20.8 Å². The summed E-state index contributed by atoms with van der Waals surface area (Å²) in [7, 11) is -3.95. The minimum Gasteiger partial charge on any atom is -0.377 e. The lowest BCUT2D eigenvalue weighted by Gasteiger charge is -2.13. The molecule has 0 N–H and O–H groups in total. The van der Waals surface area contributed by atoms with E-state index in [1.807, 2.05) is 6.92 Å². The molecule has 0 aromatic heterocycles. The van der Waals surface area contributed by atoms with Crippen LogP contribution < -0.4 is 4.18 Å². The van der Waals surface area contributed by atoms with Gasteiger partial charge in [-0.3, -0.25) is 0 Å². The van der Waals surface area contributed by atoms with E-state index in [-0.39, 0.29) is 15.7 Å². The highest BCUT2D eigenvalue weighted by molar-refractivity contribution is 7.87. The van der Waals surface area contributed by atoms with Crippen molar-refractivity contribution >= 4 is 33.3 Å². The van der Waals surface area contributed by atoms with Crippen LogP contribution >= 0.6 is 23.2 Å². The molecule has 0 spiro atoms. The maximum absolute atomic E-state index is 12.5. The topological polar surface area (TPSA) is 43.4 Å². The number of hydrogen-bond acceptors (Lipinski definition) is 3. The molecule has 0 saturated carbocycles. The Kier molecular flexibility index (Phi) is 4.51. The van der Waals surface area contributed by atoms with Crippen molar-refractivity contribution in [3.8, 4) is 5.75 Å². The zero-order valence-electron chi connectivity index (χ0n) is 11.8. The van der Waals surface area contributed by atoms with Gasteiger partial charge in [0.2, 0.25) is 0 Å². The number of halogens is 2. The number of benzene rings is 2. The Morgan fingerprint density at radius 3 is 2.05 bits per heavy atom. The molecule has 0 fully saturated rings. The zero-order valence-corrected chi connectivity index (χ0v) is 14.1. The van der Waals surface area contributed by atoms with Gasteiger partial charge in [-0.2, -0.15) is 8.42 Å². The van der Waals surface area contributed by atoms with E-state index in [1.165, 1.54) is 18.2 Å². The molecule has 0 amide bonds. The van der Waals surface area contributed by atoms with E-state index in [0.717, 1.165) is 5.56 Å². The fourth-order valence-electron chi connectivity index (χ4n) is 2.26. The summed E-state index contributed by atoms with van der Waals surface area (Å²) in [5, 5.41) is 0.556. The molecule has 0 atom stereocenters. The molecule has 3 nitrogen and oxygen atoms in total. The van der Waals surface area contributed by atoms with Gasteiger partial charge in [-0.05, 0) is 50.1 Å². The molecule has 6 heteroatoms. The van der Waals surface area contributed by atoms with Crippen LogP contribution in [0.5, 0.6) is 5.75 Å². The average molecular weight is 345 g/mol. The molecule has 0 saturated heterocycles. The molecule has 0 unspecified atom stereocenters. The standard InChI is InChI=1S/C15H14Cl2O3S/c1-9-6-10(2)15(11(3)7-9)21(18,19)20-14-5-4-12(16)8-13(14)17/h4-8H,1-3H3. The van der Waals surface area contributed by atoms with Crippen molar-refractivity contribution in [1.29, 1.82) is 0 Å². The fourth-order valence-corrected chi connectivity index (χ4v) is 4.13. The van der Waals surface area contributed by atoms with Crippen LogP contribution in [0.15, 0.2) is 35.2 Å². The van der Waals surface area contributed by atoms with Crippen molar-refractivity contribution in [2.75, 3.05) is 0 Å². The molecule has 21 heavy (non-hydrogen) atoms. The first-order valence-electron chi connectivity index (χ1n) is 6.18. The molecule has 0 aliphatic rings. The predicted octanol–water partition coefficient (Wildman–Crippen LogP) is 4.69. The second-order valence-corrected chi connectivity index (χ2v) is 7.17. The fraction of sp³-hybridized carbons (Fsp3) is 0.200. The molecule has 2 aromatic rings. The summed E-state index contributed by atoms with van der Waals surface area (Å²) in [5.74, 6) is 0.0560. The SMILES string of the molecule is Cc1cc(C)c(S(=O)(=O)Oc2ccc(Cl)cc2Cl)c(C)c1. The smallest absolute Gasteiger partial charge is 0.339 e. The van der Waals surface area contributed by atoms with Gasteiger partial charge in [-0.1, -0.05) is 40.9 Å². The number of rotatable bonds is 3. The summed E-state index contributed by atoms with van der Waals surface area (Å²) in [6.07, 6.45) is 0. The summed E-state index contributed by atoms with van der Waals surface area (Å²) >= 11 is 11.7. The quantitative estimate of drug-likeness (QED) is 0.758. The van der Waals surface area contributed by atoms with Crippen molar-refractivity contribution in [3.63, 3.8) is 0 Å². The predicted molar refractivity (Wildman–Crippen MR) is 84.9 cm³/mol. The summed E-state index contributed by atoms with van der Waals surface area (Å²) < 4.78 is 30.1. The normalized spacial score (nSPS) is 11.5. The number of hydrogen-bond donors (Lipinski definition) is 0. The Hall–Kier alpha value is -1.23. The Balaban J connectivity index is 2.48. The van der Waals surface area contributed by atoms with E-state index < -0.39 is 10.1 Å². The van der Waals surface area contributed by atoms with Crippen LogP contribution in [0.4, 0.5) is 0 Å². The van der Waals surface area contributed by atoms with E-state index in [2.05, 4.69) is 0 Å². The van der Waals surface area contributed by atoms with Gasteiger partial charge < -0.3 is 4.18 Å². The first-order valence-corrected chi connectivity index (χ1v) is 8.34. The van der Waals surface area contributed by atoms with Crippen LogP contribution in [-0.2, 0) is 10.1 Å². The summed E-state index contributed by atoms with van der Waals surface area (Å²) in [5.41, 5.74) is 2.27. The van der Waals surface area contributed by atoms with Gasteiger partial charge in [0, 0.05) is 5.02 Å². The minimum atomic E-state index is -3.95. The van der Waals surface area contributed by atoms with Crippen LogP contribution in [0.2, 0.25) is 10.0 Å². The van der Waals surface area contributed by atoms with E-state index in [4.69, 9.17) is 27.4 Å². The molecule has 0 aliphatic heterocycles. The van der Waals surface area contributed by atoms with Gasteiger partial charge in [-0.25, -0.2) is 0 Å². The maximum Gasteiger partial charge on any atom is 0.339 e. The van der Waals surface area contributed by atoms with Gasteiger partial charge >= 0.3 is 10.1 Å². The molecule has 0 bridgehead atoms. The molecule has 2 rings (SSSR count). The Morgan fingerprint density at radius 2 is 1.52 bits per heavy atom.